The van der Waals surface area contributed by atoms with E-state index in [0.29, 0.717) is 19.4 Å². The van der Waals surface area contributed by atoms with Crippen molar-refractivity contribution in [2.45, 2.75) is 25.9 Å². The Bertz CT molecular complexity index is 764. The van der Waals surface area contributed by atoms with Crippen LogP contribution in [0.3, 0.4) is 0 Å². The number of hydrogen-bond acceptors (Lipinski definition) is 5. The highest BCUT2D eigenvalue weighted by atomic mass is 16.5. The van der Waals surface area contributed by atoms with Gasteiger partial charge in [0.15, 0.2) is 0 Å². The molecule has 0 unspecified atom stereocenters. The molecule has 0 aromatic heterocycles. The molecule has 1 saturated heterocycles. The van der Waals surface area contributed by atoms with E-state index >= 15 is 0 Å². The molecule has 2 aromatic carbocycles. The van der Waals surface area contributed by atoms with Crippen molar-refractivity contribution >= 4 is 5.91 Å². The minimum Gasteiger partial charge on any atom is -0.497 e. The Morgan fingerprint density at radius 1 is 0.966 bits per heavy atom. The average Bonchev–Trinajstić information content (AvgIpc) is 2.77. The molecule has 1 fully saturated rings. The summed E-state index contributed by atoms with van der Waals surface area (Å²) in [6, 6.07) is 14.1. The number of amides is 1. The molecule has 1 N–H and O–H groups in total. The van der Waals surface area contributed by atoms with Crippen molar-refractivity contribution in [3.63, 3.8) is 0 Å². The topological polar surface area (TPSA) is 60.0 Å². The van der Waals surface area contributed by atoms with Gasteiger partial charge in [0.1, 0.15) is 11.5 Å². The number of nitrogens with one attached hydrogen (secondary N) is 1. The molecule has 1 aliphatic heterocycles. The third-order valence-electron chi connectivity index (χ3n) is 5.07. The molecule has 0 radical (unpaired) electrons. The van der Waals surface area contributed by atoms with Crippen molar-refractivity contribution in [2.24, 2.45) is 0 Å². The average molecular weight is 399 g/mol. The van der Waals surface area contributed by atoms with Crippen molar-refractivity contribution in [2.75, 3.05) is 40.5 Å². The van der Waals surface area contributed by atoms with Gasteiger partial charge >= 0.3 is 0 Å². The molecule has 2 aromatic rings. The van der Waals surface area contributed by atoms with E-state index in [0.717, 1.165) is 55.5 Å². The van der Waals surface area contributed by atoms with E-state index in [4.69, 9.17) is 14.2 Å². The molecule has 0 bridgehead atoms. The fourth-order valence-corrected chi connectivity index (χ4v) is 3.34. The van der Waals surface area contributed by atoms with Crippen LogP contribution in [-0.4, -0.2) is 51.3 Å². The van der Waals surface area contributed by atoms with E-state index in [9.17, 15) is 4.79 Å². The van der Waals surface area contributed by atoms with E-state index in [1.165, 1.54) is 5.56 Å². The largest absolute Gasteiger partial charge is 0.497 e. The van der Waals surface area contributed by atoms with E-state index < -0.39 is 0 Å². The first-order chi connectivity index (χ1) is 14.2. The Morgan fingerprint density at radius 2 is 1.59 bits per heavy atom. The van der Waals surface area contributed by atoms with Gasteiger partial charge in [0.25, 0.3) is 0 Å². The molecular formula is C23H30N2O4. The predicted molar refractivity (Wildman–Crippen MR) is 112 cm³/mol. The summed E-state index contributed by atoms with van der Waals surface area (Å²) in [7, 11) is 3.25. The molecule has 1 amide bonds. The molecule has 29 heavy (non-hydrogen) atoms. The second-order valence-corrected chi connectivity index (χ2v) is 7.20. The van der Waals surface area contributed by atoms with Gasteiger partial charge in [0, 0.05) is 38.7 Å². The number of aryl methyl sites for hydroxylation is 1. The summed E-state index contributed by atoms with van der Waals surface area (Å²) in [5, 5.41) is 3.00. The van der Waals surface area contributed by atoms with Gasteiger partial charge in [0.05, 0.1) is 27.4 Å². The summed E-state index contributed by atoms with van der Waals surface area (Å²) >= 11 is 0. The van der Waals surface area contributed by atoms with Crippen LogP contribution >= 0.6 is 0 Å². The first kappa shape index (κ1) is 21.1. The van der Waals surface area contributed by atoms with Crippen LogP contribution in [0, 0.1) is 0 Å². The van der Waals surface area contributed by atoms with Crippen molar-refractivity contribution in [1.29, 1.82) is 0 Å². The zero-order valence-electron chi connectivity index (χ0n) is 17.3. The van der Waals surface area contributed by atoms with Gasteiger partial charge in [-0.05, 0) is 35.2 Å². The van der Waals surface area contributed by atoms with Crippen molar-refractivity contribution in [3.05, 3.63) is 59.2 Å². The van der Waals surface area contributed by atoms with Gasteiger partial charge in [-0.2, -0.15) is 0 Å². The third kappa shape index (κ3) is 6.76. The van der Waals surface area contributed by atoms with Crippen LogP contribution in [0.1, 0.15) is 23.1 Å². The molecule has 6 nitrogen and oxygen atoms in total. The second kappa shape index (κ2) is 10.8. The molecule has 0 atom stereocenters. The van der Waals surface area contributed by atoms with E-state index in [-0.39, 0.29) is 5.91 Å². The maximum absolute atomic E-state index is 12.2. The lowest BCUT2D eigenvalue weighted by molar-refractivity contribution is -0.121. The third-order valence-corrected chi connectivity index (χ3v) is 5.07. The first-order valence-corrected chi connectivity index (χ1v) is 10.0. The van der Waals surface area contributed by atoms with Gasteiger partial charge in [-0.1, -0.05) is 24.3 Å². The summed E-state index contributed by atoms with van der Waals surface area (Å²) in [5.41, 5.74) is 3.41. The number of nitrogens with zero attached hydrogens (tertiary/aromatic N) is 1. The Hall–Kier alpha value is -2.57. The summed E-state index contributed by atoms with van der Waals surface area (Å²) < 4.78 is 15.9. The first-order valence-electron chi connectivity index (χ1n) is 10.0. The molecule has 1 heterocycles. The van der Waals surface area contributed by atoms with Gasteiger partial charge < -0.3 is 19.5 Å². The number of morpholine rings is 1. The second-order valence-electron chi connectivity index (χ2n) is 7.20. The number of ether oxygens (including phenoxy) is 3. The number of hydrogen-bond donors (Lipinski definition) is 1. The fraction of sp³-hybridized carbons (Fsp3) is 0.435. The van der Waals surface area contributed by atoms with Crippen LogP contribution in [0.2, 0.25) is 0 Å². The van der Waals surface area contributed by atoms with E-state index in [1.807, 2.05) is 18.2 Å². The highest BCUT2D eigenvalue weighted by Crippen LogP contribution is 2.23. The Balaban J connectivity index is 1.43. The minimum atomic E-state index is 0.0316. The van der Waals surface area contributed by atoms with Crippen LogP contribution in [0.5, 0.6) is 11.5 Å². The lowest BCUT2D eigenvalue weighted by atomic mass is 10.1. The Labute approximate surface area is 172 Å². The van der Waals surface area contributed by atoms with Gasteiger partial charge in [-0.15, -0.1) is 0 Å². The summed E-state index contributed by atoms with van der Waals surface area (Å²) in [4.78, 5) is 14.6. The molecular weight excluding hydrogens is 368 g/mol. The van der Waals surface area contributed by atoms with Crippen molar-refractivity contribution in [1.82, 2.24) is 10.2 Å². The number of benzene rings is 2. The molecule has 6 heteroatoms. The van der Waals surface area contributed by atoms with Gasteiger partial charge in [-0.3, -0.25) is 9.69 Å². The van der Waals surface area contributed by atoms with E-state index in [2.05, 4.69) is 34.5 Å². The zero-order valence-corrected chi connectivity index (χ0v) is 17.3. The standard InChI is InChI=1S/C23H30N2O4/c1-27-21-13-20(14-22(15-21)28-2)7-8-23(26)24-16-18-3-5-19(6-4-18)17-25-9-11-29-12-10-25/h3-6,13-15H,7-12,16-17H2,1-2H3,(H,24,26). The zero-order chi connectivity index (χ0) is 20.5. The molecule has 0 spiro atoms. The fourth-order valence-electron chi connectivity index (χ4n) is 3.34. The molecule has 0 aliphatic carbocycles. The monoisotopic (exact) mass is 398 g/mol. The van der Waals surface area contributed by atoms with Crippen molar-refractivity contribution < 1.29 is 19.0 Å². The predicted octanol–water partition coefficient (Wildman–Crippen LogP) is 2.79. The molecule has 0 saturated carbocycles. The van der Waals surface area contributed by atoms with Gasteiger partial charge in [-0.25, -0.2) is 0 Å². The van der Waals surface area contributed by atoms with Crippen molar-refractivity contribution in [3.8, 4) is 11.5 Å². The molecule has 1 aliphatic rings. The molecule has 3 rings (SSSR count). The van der Waals surface area contributed by atoms with Crippen LogP contribution < -0.4 is 14.8 Å². The normalized spacial score (nSPS) is 14.4. The molecule has 156 valence electrons. The highest BCUT2D eigenvalue weighted by molar-refractivity contribution is 5.76. The lowest BCUT2D eigenvalue weighted by Crippen LogP contribution is -2.35. The Kier molecular flexibility index (Phi) is 7.90. The summed E-state index contributed by atoms with van der Waals surface area (Å²) in [5.74, 6) is 1.50. The maximum Gasteiger partial charge on any atom is 0.220 e. The highest BCUT2D eigenvalue weighted by Gasteiger charge is 2.10. The summed E-state index contributed by atoms with van der Waals surface area (Å²) in [6.45, 7) is 5.07. The smallest absolute Gasteiger partial charge is 0.220 e. The number of methoxy groups -OCH3 is 2. The van der Waals surface area contributed by atoms with Crippen LogP contribution in [-0.2, 0) is 29.0 Å². The van der Waals surface area contributed by atoms with E-state index in [1.54, 1.807) is 14.2 Å². The van der Waals surface area contributed by atoms with Crippen LogP contribution in [0.25, 0.3) is 0 Å². The number of carbonyl (C=O) groups is 1. The maximum atomic E-state index is 12.2. The summed E-state index contributed by atoms with van der Waals surface area (Å²) in [6.07, 6.45) is 1.06. The number of carbonyl (C=O) groups excluding carboxylic acids is 1. The van der Waals surface area contributed by atoms with Crippen LogP contribution in [0.15, 0.2) is 42.5 Å². The van der Waals surface area contributed by atoms with Gasteiger partial charge in [0.2, 0.25) is 5.91 Å². The van der Waals surface area contributed by atoms with Crippen LogP contribution in [0.4, 0.5) is 0 Å². The SMILES string of the molecule is COc1cc(CCC(=O)NCc2ccc(CN3CCOCC3)cc2)cc(OC)c1. The lowest BCUT2D eigenvalue weighted by Gasteiger charge is -2.26. The minimum absolute atomic E-state index is 0.0316. The Morgan fingerprint density at radius 3 is 2.21 bits per heavy atom. The number of rotatable bonds is 9. The quantitative estimate of drug-likeness (QED) is 0.704.